The summed E-state index contributed by atoms with van der Waals surface area (Å²) in [5, 5.41) is 0. The Morgan fingerprint density at radius 1 is 1.55 bits per heavy atom. The molecule has 0 bridgehead atoms. The highest BCUT2D eigenvalue weighted by atomic mass is 32.2. The summed E-state index contributed by atoms with van der Waals surface area (Å²) in [5.74, 6) is -0.0770. The average molecular weight is 298 g/mol. The summed E-state index contributed by atoms with van der Waals surface area (Å²) >= 11 is 0. The van der Waals surface area contributed by atoms with Crippen LogP contribution in [0.4, 0.5) is 0 Å². The lowest BCUT2D eigenvalue weighted by atomic mass is 10.3. The zero-order valence-corrected chi connectivity index (χ0v) is 11.8. The van der Waals surface area contributed by atoms with Gasteiger partial charge in [-0.15, -0.1) is 0 Å². The van der Waals surface area contributed by atoms with Crippen molar-refractivity contribution in [2.45, 2.75) is 23.8 Å². The summed E-state index contributed by atoms with van der Waals surface area (Å²) in [5.41, 5.74) is 5.72. The second-order valence-corrected chi connectivity index (χ2v) is 6.49. The predicted molar refractivity (Wildman–Crippen MR) is 73.2 cm³/mol. The van der Waals surface area contributed by atoms with Crippen molar-refractivity contribution in [2.75, 3.05) is 19.6 Å². The number of nitrogens with two attached hydrogens (primary N) is 1. The number of rotatable bonds is 5. The van der Waals surface area contributed by atoms with Crippen LogP contribution in [0.1, 0.15) is 12.8 Å². The summed E-state index contributed by atoms with van der Waals surface area (Å²) in [6.07, 6.45) is 3.70. The highest BCUT2D eigenvalue weighted by Crippen LogP contribution is 2.09. The molecular weight excluding hydrogens is 280 g/mol. The molecule has 7 nitrogen and oxygen atoms in total. The van der Waals surface area contributed by atoms with E-state index in [4.69, 9.17) is 5.73 Å². The fraction of sp³-hybridized carbons (Fsp3) is 0.500. The summed E-state index contributed by atoms with van der Waals surface area (Å²) in [7, 11) is -3.60. The van der Waals surface area contributed by atoms with E-state index in [2.05, 4.69) is 9.71 Å². The number of aromatic nitrogens is 1. The van der Waals surface area contributed by atoms with Gasteiger partial charge < -0.3 is 10.6 Å². The molecule has 1 aliphatic rings. The van der Waals surface area contributed by atoms with Gasteiger partial charge in [0.1, 0.15) is 4.90 Å². The van der Waals surface area contributed by atoms with Crippen LogP contribution < -0.4 is 10.5 Å². The summed E-state index contributed by atoms with van der Waals surface area (Å²) in [4.78, 5) is 17.4. The number of sulfonamides is 1. The van der Waals surface area contributed by atoms with Crippen LogP contribution in [0.15, 0.2) is 29.4 Å². The number of likely N-dealkylation sites (tertiary alicyclic amines) is 1. The van der Waals surface area contributed by atoms with Gasteiger partial charge in [-0.2, -0.15) is 0 Å². The molecular formula is C12H18N4O3S. The molecule has 1 aromatic heterocycles. The van der Waals surface area contributed by atoms with E-state index in [0.717, 1.165) is 6.42 Å². The minimum absolute atomic E-state index is 0.0334. The van der Waals surface area contributed by atoms with Crippen LogP contribution in [-0.4, -0.2) is 49.9 Å². The molecule has 0 saturated carbocycles. The lowest BCUT2D eigenvalue weighted by molar-refractivity contribution is -0.129. The van der Waals surface area contributed by atoms with E-state index in [1.807, 2.05) is 0 Å². The van der Waals surface area contributed by atoms with Gasteiger partial charge in [0.25, 0.3) is 0 Å². The Balaban J connectivity index is 1.82. The van der Waals surface area contributed by atoms with Gasteiger partial charge in [0.15, 0.2) is 0 Å². The minimum atomic E-state index is -3.60. The molecule has 2 heterocycles. The number of hydrogen-bond donors (Lipinski definition) is 2. The van der Waals surface area contributed by atoms with E-state index >= 15 is 0 Å². The Kier molecular flexibility index (Phi) is 4.69. The quantitative estimate of drug-likeness (QED) is 0.748. The molecule has 110 valence electrons. The lowest BCUT2D eigenvalue weighted by Crippen LogP contribution is -2.34. The molecule has 2 rings (SSSR count). The molecule has 1 aromatic rings. The second kappa shape index (κ2) is 6.29. The van der Waals surface area contributed by atoms with E-state index in [1.54, 1.807) is 11.0 Å². The first-order chi connectivity index (χ1) is 9.49. The maximum absolute atomic E-state index is 11.9. The van der Waals surface area contributed by atoms with E-state index in [1.165, 1.54) is 18.5 Å². The number of nitrogens with zero attached hydrogens (tertiary/aromatic N) is 2. The van der Waals surface area contributed by atoms with Crippen LogP contribution in [0.3, 0.4) is 0 Å². The number of carbonyl (C=O) groups is 1. The molecule has 1 aliphatic heterocycles. The average Bonchev–Trinajstić information content (AvgIpc) is 2.86. The predicted octanol–water partition coefficient (Wildman–Crippen LogP) is -0.690. The Morgan fingerprint density at radius 2 is 2.35 bits per heavy atom. The first-order valence-electron chi connectivity index (χ1n) is 6.42. The largest absolute Gasteiger partial charge is 0.341 e. The summed E-state index contributed by atoms with van der Waals surface area (Å²) < 4.78 is 26.2. The normalized spacial score (nSPS) is 19.2. The van der Waals surface area contributed by atoms with Crippen LogP contribution in [0.25, 0.3) is 0 Å². The van der Waals surface area contributed by atoms with Gasteiger partial charge in [-0.1, -0.05) is 0 Å². The van der Waals surface area contributed by atoms with Crippen molar-refractivity contribution in [3.05, 3.63) is 24.5 Å². The van der Waals surface area contributed by atoms with Crippen LogP contribution in [0, 0.1) is 0 Å². The molecule has 20 heavy (non-hydrogen) atoms. The Bertz CT molecular complexity index is 561. The van der Waals surface area contributed by atoms with Gasteiger partial charge in [-0.25, -0.2) is 13.1 Å². The third-order valence-corrected chi connectivity index (χ3v) is 4.60. The summed E-state index contributed by atoms with van der Waals surface area (Å²) in [6, 6.07) is 3.04. The van der Waals surface area contributed by atoms with Crippen molar-refractivity contribution in [1.82, 2.24) is 14.6 Å². The molecule has 1 fully saturated rings. The lowest BCUT2D eigenvalue weighted by Gasteiger charge is -2.15. The highest BCUT2D eigenvalue weighted by molar-refractivity contribution is 7.89. The zero-order chi connectivity index (χ0) is 14.6. The standard InChI is InChI=1S/C12H18N4O3S/c13-10-4-7-16(9-10)12(17)3-6-15-20(18,19)11-2-1-5-14-8-11/h1-2,5,8,10,15H,3-4,6-7,9,13H2/t10-/m1/s1. The van der Waals surface area contributed by atoms with Crippen molar-refractivity contribution >= 4 is 15.9 Å². The van der Waals surface area contributed by atoms with Gasteiger partial charge in [0.2, 0.25) is 15.9 Å². The van der Waals surface area contributed by atoms with Crippen LogP contribution >= 0.6 is 0 Å². The van der Waals surface area contributed by atoms with E-state index in [9.17, 15) is 13.2 Å². The van der Waals surface area contributed by atoms with Crippen molar-refractivity contribution in [1.29, 1.82) is 0 Å². The molecule has 3 N–H and O–H groups in total. The van der Waals surface area contributed by atoms with E-state index < -0.39 is 10.0 Å². The Hall–Kier alpha value is -1.51. The van der Waals surface area contributed by atoms with Gasteiger partial charge in [-0.05, 0) is 18.6 Å². The fourth-order valence-electron chi connectivity index (χ4n) is 2.05. The molecule has 0 unspecified atom stereocenters. The minimum Gasteiger partial charge on any atom is -0.341 e. The van der Waals surface area contributed by atoms with Crippen LogP contribution in [0.2, 0.25) is 0 Å². The molecule has 1 saturated heterocycles. The second-order valence-electron chi connectivity index (χ2n) is 4.73. The SMILES string of the molecule is N[C@@H]1CCN(C(=O)CCNS(=O)(=O)c2cccnc2)C1. The molecule has 1 amide bonds. The molecule has 0 radical (unpaired) electrons. The van der Waals surface area contributed by atoms with Gasteiger partial charge in [0, 0.05) is 44.5 Å². The topological polar surface area (TPSA) is 105 Å². The third kappa shape index (κ3) is 3.75. The van der Waals surface area contributed by atoms with Crippen molar-refractivity contribution in [3.63, 3.8) is 0 Å². The zero-order valence-electron chi connectivity index (χ0n) is 11.0. The fourth-order valence-corrected chi connectivity index (χ4v) is 3.05. The molecule has 0 aliphatic carbocycles. The molecule has 0 spiro atoms. The van der Waals surface area contributed by atoms with Crippen molar-refractivity contribution < 1.29 is 13.2 Å². The number of pyridine rings is 1. The van der Waals surface area contributed by atoms with Crippen LogP contribution in [0.5, 0.6) is 0 Å². The Morgan fingerprint density at radius 3 is 2.95 bits per heavy atom. The number of amides is 1. The molecule has 1 atom stereocenters. The number of carbonyl (C=O) groups excluding carboxylic acids is 1. The highest BCUT2D eigenvalue weighted by Gasteiger charge is 2.23. The molecule has 0 aromatic carbocycles. The Labute approximate surface area is 118 Å². The third-order valence-electron chi connectivity index (χ3n) is 3.15. The molecule has 8 heteroatoms. The maximum atomic E-state index is 11.9. The maximum Gasteiger partial charge on any atom is 0.242 e. The van der Waals surface area contributed by atoms with Crippen LogP contribution in [-0.2, 0) is 14.8 Å². The monoisotopic (exact) mass is 298 g/mol. The van der Waals surface area contributed by atoms with Crippen molar-refractivity contribution in [3.8, 4) is 0 Å². The van der Waals surface area contributed by atoms with Gasteiger partial charge >= 0.3 is 0 Å². The van der Waals surface area contributed by atoms with Crippen molar-refractivity contribution in [2.24, 2.45) is 5.73 Å². The number of nitrogens with one attached hydrogen (secondary N) is 1. The van der Waals surface area contributed by atoms with Gasteiger partial charge in [0.05, 0.1) is 0 Å². The number of hydrogen-bond acceptors (Lipinski definition) is 5. The van der Waals surface area contributed by atoms with Gasteiger partial charge in [-0.3, -0.25) is 9.78 Å². The van der Waals surface area contributed by atoms with E-state index in [0.29, 0.717) is 13.1 Å². The smallest absolute Gasteiger partial charge is 0.242 e. The summed E-state index contributed by atoms with van der Waals surface area (Å²) in [6.45, 7) is 1.27. The first kappa shape index (κ1) is 14.9. The van der Waals surface area contributed by atoms with E-state index in [-0.39, 0.29) is 29.8 Å². The first-order valence-corrected chi connectivity index (χ1v) is 7.90.